The Morgan fingerprint density at radius 1 is 0.970 bits per heavy atom. The second kappa shape index (κ2) is 10.4. The summed E-state index contributed by atoms with van der Waals surface area (Å²) in [7, 11) is -7.17. The minimum Gasteiger partial charge on any atom is -0.379 e. The molecule has 2 saturated heterocycles. The summed E-state index contributed by atoms with van der Waals surface area (Å²) in [4.78, 5) is 2.45. The smallest absolute Gasteiger partial charge is 0.243 e. The molecule has 0 radical (unpaired) electrons. The number of nitrogens with zero attached hydrogens (tertiary/aromatic N) is 2. The molecule has 0 N–H and O–H groups in total. The van der Waals surface area contributed by atoms with E-state index in [0.717, 1.165) is 36.8 Å². The Bertz CT molecular complexity index is 1160. The predicted octanol–water partition coefficient (Wildman–Crippen LogP) is 2.77. The van der Waals surface area contributed by atoms with Gasteiger partial charge in [-0.2, -0.15) is 4.31 Å². The lowest BCUT2D eigenvalue weighted by Gasteiger charge is -2.26. The Kier molecular flexibility index (Phi) is 7.75. The monoisotopic (exact) mass is 494 g/mol. The van der Waals surface area contributed by atoms with Crippen LogP contribution >= 0.6 is 0 Å². The first-order valence-corrected chi connectivity index (χ1v) is 15.0. The highest BCUT2D eigenvalue weighted by molar-refractivity contribution is 7.92. The molecule has 9 heteroatoms. The molecule has 0 aromatic heterocycles. The van der Waals surface area contributed by atoms with Crippen molar-refractivity contribution in [2.24, 2.45) is 5.92 Å². The van der Waals surface area contributed by atoms with Gasteiger partial charge in [-0.05, 0) is 48.2 Å². The Morgan fingerprint density at radius 3 is 2.42 bits per heavy atom. The fourth-order valence-corrected chi connectivity index (χ4v) is 8.70. The summed E-state index contributed by atoms with van der Waals surface area (Å²) in [5, 5.41) is 1.19. The molecule has 0 bridgehead atoms. The Morgan fingerprint density at radius 2 is 1.70 bits per heavy atom. The standard InChI is InChI=1S/C24H34N2O5S2/c1-2-6-22-18-26(33(29,30)23-10-9-20-7-3-4-8-21(20)17-23)19-24(22)32(27,28)16-5-11-25-12-14-31-15-13-25/h3-4,7-10,17,22,24H,2,5-6,11-16,18-19H2,1H3/t22-,24?/m1/s1. The number of morpholine rings is 1. The van der Waals surface area contributed by atoms with Gasteiger partial charge in [-0.1, -0.05) is 43.7 Å². The van der Waals surface area contributed by atoms with Gasteiger partial charge in [0.25, 0.3) is 0 Å². The summed E-state index contributed by atoms with van der Waals surface area (Å²) >= 11 is 0. The first-order valence-electron chi connectivity index (χ1n) is 11.8. The minimum atomic E-state index is -3.77. The SMILES string of the molecule is CCC[C@@H]1CN(S(=O)(=O)c2ccc3ccccc3c2)CC1S(=O)(=O)CCCN1CCOCC1. The highest BCUT2D eigenvalue weighted by Crippen LogP contribution is 2.32. The number of rotatable bonds is 9. The van der Waals surface area contributed by atoms with Crippen molar-refractivity contribution in [3.63, 3.8) is 0 Å². The zero-order chi connectivity index (χ0) is 23.5. The van der Waals surface area contributed by atoms with Crippen molar-refractivity contribution in [2.75, 3.05) is 51.7 Å². The molecule has 2 aliphatic heterocycles. The molecular weight excluding hydrogens is 460 g/mol. The molecule has 0 aliphatic carbocycles. The molecule has 2 aliphatic rings. The van der Waals surface area contributed by atoms with Gasteiger partial charge in [0.15, 0.2) is 9.84 Å². The largest absolute Gasteiger partial charge is 0.379 e. The molecule has 2 fully saturated rings. The van der Waals surface area contributed by atoms with E-state index in [0.29, 0.717) is 26.1 Å². The summed E-state index contributed by atoms with van der Waals surface area (Å²) in [6, 6.07) is 12.7. The first kappa shape index (κ1) is 24.6. The van der Waals surface area contributed by atoms with Gasteiger partial charge in [-0.25, -0.2) is 16.8 Å². The van der Waals surface area contributed by atoms with Gasteiger partial charge in [-0.3, -0.25) is 4.90 Å². The van der Waals surface area contributed by atoms with Gasteiger partial charge in [0.1, 0.15) is 0 Å². The summed E-state index contributed by atoms with van der Waals surface area (Å²) in [6.07, 6.45) is 2.10. The third-order valence-corrected chi connectivity index (χ3v) is 11.0. The van der Waals surface area contributed by atoms with E-state index in [1.807, 2.05) is 37.3 Å². The molecule has 0 amide bonds. The van der Waals surface area contributed by atoms with Crippen molar-refractivity contribution in [3.05, 3.63) is 42.5 Å². The number of sulfone groups is 1. The summed E-state index contributed by atoms with van der Waals surface area (Å²) < 4.78 is 60.2. The van der Waals surface area contributed by atoms with Gasteiger partial charge >= 0.3 is 0 Å². The van der Waals surface area contributed by atoms with Gasteiger partial charge in [0, 0.05) is 26.2 Å². The van der Waals surface area contributed by atoms with Crippen molar-refractivity contribution in [2.45, 2.75) is 36.3 Å². The van der Waals surface area contributed by atoms with Crippen molar-refractivity contribution in [1.29, 1.82) is 0 Å². The van der Waals surface area contributed by atoms with Crippen LogP contribution in [-0.2, 0) is 24.6 Å². The molecule has 2 atom stereocenters. The number of hydrogen-bond acceptors (Lipinski definition) is 6. The van der Waals surface area contributed by atoms with Crippen LogP contribution in [0.15, 0.2) is 47.4 Å². The van der Waals surface area contributed by atoms with Crippen LogP contribution in [0.1, 0.15) is 26.2 Å². The fourth-order valence-electron chi connectivity index (χ4n) is 5.00. The third-order valence-electron chi connectivity index (χ3n) is 6.83. The predicted molar refractivity (Wildman–Crippen MR) is 131 cm³/mol. The second-order valence-corrected chi connectivity index (χ2v) is 13.4. The molecule has 33 heavy (non-hydrogen) atoms. The van der Waals surface area contributed by atoms with Crippen molar-refractivity contribution in [1.82, 2.24) is 9.21 Å². The third kappa shape index (κ3) is 5.59. The lowest BCUT2D eigenvalue weighted by atomic mass is 10.0. The van der Waals surface area contributed by atoms with Gasteiger partial charge in [0.05, 0.1) is 29.1 Å². The maximum atomic E-state index is 13.4. The van der Waals surface area contributed by atoms with E-state index in [4.69, 9.17) is 4.74 Å². The van der Waals surface area contributed by atoms with Crippen LogP contribution < -0.4 is 0 Å². The van der Waals surface area contributed by atoms with E-state index in [1.54, 1.807) is 12.1 Å². The van der Waals surface area contributed by atoms with Crippen molar-refractivity contribution >= 4 is 30.6 Å². The first-order chi connectivity index (χ1) is 15.8. The number of benzene rings is 2. The Balaban J connectivity index is 1.48. The van der Waals surface area contributed by atoms with Crippen molar-refractivity contribution in [3.8, 4) is 0 Å². The molecule has 2 heterocycles. The molecule has 4 rings (SSSR count). The zero-order valence-electron chi connectivity index (χ0n) is 19.2. The summed E-state index contributed by atoms with van der Waals surface area (Å²) in [6.45, 7) is 6.09. The molecule has 2 aromatic rings. The topological polar surface area (TPSA) is 84.0 Å². The van der Waals surface area contributed by atoms with E-state index in [9.17, 15) is 16.8 Å². The highest BCUT2D eigenvalue weighted by atomic mass is 32.2. The molecule has 182 valence electrons. The van der Waals surface area contributed by atoms with Crippen LogP contribution in [0.4, 0.5) is 0 Å². The number of hydrogen-bond donors (Lipinski definition) is 0. The van der Waals surface area contributed by atoms with E-state index in [2.05, 4.69) is 4.90 Å². The van der Waals surface area contributed by atoms with Crippen LogP contribution in [0.3, 0.4) is 0 Å². The minimum absolute atomic E-state index is 0.0414. The van der Waals surface area contributed by atoms with Crippen LogP contribution in [0.5, 0.6) is 0 Å². The average molecular weight is 495 g/mol. The van der Waals surface area contributed by atoms with Crippen LogP contribution in [-0.4, -0.2) is 83.0 Å². The Labute approximate surface area is 197 Å². The van der Waals surface area contributed by atoms with E-state index in [-0.39, 0.29) is 29.7 Å². The molecule has 0 spiro atoms. The van der Waals surface area contributed by atoms with Crippen LogP contribution in [0, 0.1) is 5.92 Å². The molecular formula is C24H34N2O5S2. The lowest BCUT2D eigenvalue weighted by molar-refractivity contribution is 0.0381. The number of sulfonamides is 1. The Hall–Kier alpha value is -1.52. The van der Waals surface area contributed by atoms with Gasteiger partial charge in [0.2, 0.25) is 10.0 Å². The quantitative estimate of drug-likeness (QED) is 0.533. The maximum absolute atomic E-state index is 13.4. The van der Waals surface area contributed by atoms with E-state index >= 15 is 0 Å². The van der Waals surface area contributed by atoms with Crippen LogP contribution in [0.25, 0.3) is 10.8 Å². The molecule has 2 aromatic carbocycles. The van der Waals surface area contributed by atoms with Gasteiger partial charge in [-0.15, -0.1) is 0 Å². The highest BCUT2D eigenvalue weighted by Gasteiger charge is 2.44. The summed E-state index contributed by atoms with van der Waals surface area (Å²) in [5.41, 5.74) is 0. The summed E-state index contributed by atoms with van der Waals surface area (Å²) in [5.74, 6) is -0.0716. The van der Waals surface area contributed by atoms with E-state index in [1.165, 1.54) is 4.31 Å². The zero-order valence-corrected chi connectivity index (χ0v) is 20.9. The molecule has 7 nitrogen and oxygen atoms in total. The maximum Gasteiger partial charge on any atom is 0.243 e. The lowest BCUT2D eigenvalue weighted by Crippen LogP contribution is -2.38. The van der Waals surface area contributed by atoms with E-state index < -0.39 is 25.1 Å². The number of ether oxygens (including phenoxy) is 1. The second-order valence-electron chi connectivity index (χ2n) is 9.09. The van der Waals surface area contributed by atoms with Crippen molar-refractivity contribution < 1.29 is 21.6 Å². The van der Waals surface area contributed by atoms with Gasteiger partial charge < -0.3 is 4.74 Å². The number of fused-ring (bicyclic) bond motifs is 1. The fraction of sp³-hybridized carbons (Fsp3) is 0.583. The average Bonchev–Trinajstić information content (AvgIpc) is 3.25. The normalized spacial score (nSPS) is 23.3. The van der Waals surface area contributed by atoms with Crippen LogP contribution in [0.2, 0.25) is 0 Å². The molecule has 0 saturated carbocycles. The molecule has 1 unspecified atom stereocenters.